The summed E-state index contributed by atoms with van der Waals surface area (Å²) in [5.41, 5.74) is 9.92. The summed E-state index contributed by atoms with van der Waals surface area (Å²) in [5, 5.41) is 0. The SMILES string of the molecule is Cc1ccc(C)c(C2C(CN)OCCN2C(C)C)c1. The van der Waals surface area contributed by atoms with Gasteiger partial charge in [-0.15, -0.1) is 0 Å². The van der Waals surface area contributed by atoms with Crippen molar-refractivity contribution in [3.05, 3.63) is 34.9 Å². The zero-order valence-electron chi connectivity index (χ0n) is 12.5. The average Bonchev–Trinajstić information content (AvgIpc) is 2.40. The Morgan fingerprint density at radius 1 is 1.37 bits per heavy atom. The molecular formula is C16H26N2O. The van der Waals surface area contributed by atoms with Gasteiger partial charge >= 0.3 is 0 Å². The van der Waals surface area contributed by atoms with Gasteiger partial charge in [-0.1, -0.05) is 23.8 Å². The molecule has 1 aromatic rings. The molecular weight excluding hydrogens is 236 g/mol. The van der Waals surface area contributed by atoms with E-state index < -0.39 is 0 Å². The Kier molecular flexibility index (Phi) is 4.61. The van der Waals surface area contributed by atoms with Crippen molar-refractivity contribution in [3.63, 3.8) is 0 Å². The van der Waals surface area contributed by atoms with Crippen molar-refractivity contribution in [2.45, 2.75) is 45.9 Å². The molecule has 2 rings (SSSR count). The molecule has 0 bridgehead atoms. The summed E-state index contributed by atoms with van der Waals surface area (Å²) in [6, 6.07) is 7.43. The Morgan fingerprint density at radius 2 is 2.11 bits per heavy atom. The van der Waals surface area contributed by atoms with Crippen LogP contribution in [0.1, 0.15) is 36.6 Å². The van der Waals surface area contributed by atoms with Gasteiger partial charge in [-0.05, 0) is 38.8 Å². The Hall–Kier alpha value is -0.900. The molecule has 19 heavy (non-hydrogen) atoms. The van der Waals surface area contributed by atoms with Crippen LogP contribution in [0, 0.1) is 13.8 Å². The minimum Gasteiger partial charge on any atom is -0.374 e. The molecule has 2 unspecified atom stereocenters. The fourth-order valence-corrected chi connectivity index (χ4v) is 2.99. The highest BCUT2D eigenvalue weighted by Gasteiger charge is 2.34. The summed E-state index contributed by atoms with van der Waals surface area (Å²) in [5.74, 6) is 0. The molecule has 0 amide bonds. The van der Waals surface area contributed by atoms with E-state index in [1.807, 2.05) is 0 Å². The van der Waals surface area contributed by atoms with Crippen molar-refractivity contribution in [1.29, 1.82) is 0 Å². The van der Waals surface area contributed by atoms with E-state index in [4.69, 9.17) is 10.5 Å². The number of aryl methyl sites for hydroxylation is 2. The molecule has 2 N–H and O–H groups in total. The highest BCUT2D eigenvalue weighted by atomic mass is 16.5. The molecule has 1 saturated heterocycles. The van der Waals surface area contributed by atoms with Gasteiger partial charge in [0.25, 0.3) is 0 Å². The van der Waals surface area contributed by atoms with E-state index in [0.717, 1.165) is 13.2 Å². The first-order valence-electron chi connectivity index (χ1n) is 7.19. The number of nitrogens with zero attached hydrogens (tertiary/aromatic N) is 1. The van der Waals surface area contributed by atoms with E-state index in [0.29, 0.717) is 12.6 Å². The van der Waals surface area contributed by atoms with Gasteiger partial charge < -0.3 is 10.5 Å². The van der Waals surface area contributed by atoms with Crippen LogP contribution in [0.25, 0.3) is 0 Å². The smallest absolute Gasteiger partial charge is 0.0894 e. The summed E-state index contributed by atoms with van der Waals surface area (Å²) in [6.45, 7) is 11.1. The molecule has 106 valence electrons. The highest BCUT2D eigenvalue weighted by molar-refractivity contribution is 5.34. The molecule has 1 heterocycles. The zero-order valence-corrected chi connectivity index (χ0v) is 12.5. The van der Waals surface area contributed by atoms with Crippen LogP contribution in [0.4, 0.5) is 0 Å². The van der Waals surface area contributed by atoms with Crippen LogP contribution in [0.15, 0.2) is 18.2 Å². The normalized spacial score (nSPS) is 24.9. The lowest BCUT2D eigenvalue weighted by atomic mass is 9.92. The van der Waals surface area contributed by atoms with E-state index in [9.17, 15) is 0 Å². The maximum Gasteiger partial charge on any atom is 0.0894 e. The van der Waals surface area contributed by atoms with E-state index in [2.05, 4.69) is 50.8 Å². The van der Waals surface area contributed by atoms with Gasteiger partial charge in [0.05, 0.1) is 18.8 Å². The molecule has 3 heteroatoms. The first-order valence-corrected chi connectivity index (χ1v) is 7.19. The molecule has 1 aliphatic rings. The van der Waals surface area contributed by atoms with Crippen LogP contribution >= 0.6 is 0 Å². The monoisotopic (exact) mass is 262 g/mol. The van der Waals surface area contributed by atoms with Crippen LogP contribution in [0.2, 0.25) is 0 Å². The molecule has 2 atom stereocenters. The number of benzene rings is 1. The van der Waals surface area contributed by atoms with Gasteiger partial charge in [-0.2, -0.15) is 0 Å². The van der Waals surface area contributed by atoms with Gasteiger partial charge in [0.15, 0.2) is 0 Å². The predicted molar refractivity (Wildman–Crippen MR) is 79.3 cm³/mol. The topological polar surface area (TPSA) is 38.5 Å². The number of rotatable bonds is 3. The molecule has 0 spiro atoms. The van der Waals surface area contributed by atoms with E-state index >= 15 is 0 Å². The van der Waals surface area contributed by atoms with Gasteiger partial charge in [-0.3, -0.25) is 4.90 Å². The highest BCUT2D eigenvalue weighted by Crippen LogP contribution is 2.33. The molecule has 1 aliphatic heterocycles. The molecule has 0 saturated carbocycles. The number of hydrogen-bond acceptors (Lipinski definition) is 3. The lowest BCUT2D eigenvalue weighted by Gasteiger charge is -2.44. The van der Waals surface area contributed by atoms with Crippen molar-refractivity contribution in [3.8, 4) is 0 Å². The van der Waals surface area contributed by atoms with Crippen LogP contribution in [-0.2, 0) is 4.74 Å². The lowest BCUT2D eigenvalue weighted by Crippen LogP contribution is -2.50. The van der Waals surface area contributed by atoms with Crippen molar-refractivity contribution < 1.29 is 4.74 Å². The summed E-state index contributed by atoms with van der Waals surface area (Å²) in [7, 11) is 0. The standard InChI is InChI=1S/C16H26N2O/c1-11(2)18-7-8-19-15(10-17)16(18)14-9-12(3)5-6-13(14)4/h5-6,9,11,15-16H,7-8,10,17H2,1-4H3. The second-order valence-corrected chi connectivity index (χ2v) is 5.78. The molecule has 1 fully saturated rings. The van der Waals surface area contributed by atoms with Crippen molar-refractivity contribution in [2.75, 3.05) is 19.7 Å². The Morgan fingerprint density at radius 3 is 2.74 bits per heavy atom. The summed E-state index contributed by atoms with van der Waals surface area (Å²) in [6.07, 6.45) is 0.0941. The molecule has 1 aromatic carbocycles. The van der Waals surface area contributed by atoms with Gasteiger partial charge in [0, 0.05) is 19.1 Å². The van der Waals surface area contributed by atoms with E-state index in [-0.39, 0.29) is 12.1 Å². The van der Waals surface area contributed by atoms with E-state index in [1.165, 1.54) is 16.7 Å². The number of hydrogen-bond donors (Lipinski definition) is 1. The molecule has 0 radical (unpaired) electrons. The minimum atomic E-state index is 0.0941. The fourth-order valence-electron chi connectivity index (χ4n) is 2.99. The third kappa shape index (κ3) is 2.99. The number of morpholine rings is 1. The third-order valence-corrected chi connectivity index (χ3v) is 4.04. The second-order valence-electron chi connectivity index (χ2n) is 5.78. The van der Waals surface area contributed by atoms with Crippen molar-refractivity contribution in [2.24, 2.45) is 5.73 Å². The maximum absolute atomic E-state index is 5.93. The van der Waals surface area contributed by atoms with Gasteiger partial charge in [0.2, 0.25) is 0 Å². The minimum absolute atomic E-state index is 0.0941. The number of nitrogens with two attached hydrogens (primary N) is 1. The van der Waals surface area contributed by atoms with Crippen LogP contribution in [0.3, 0.4) is 0 Å². The Labute approximate surface area is 116 Å². The van der Waals surface area contributed by atoms with Crippen LogP contribution < -0.4 is 5.73 Å². The summed E-state index contributed by atoms with van der Waals surface area (Å²) >= 11 is 0. The molecule has 0 aliphatic carbocycles. The average molecular weight is 262 g/mol. The summed E-state index contributed by atoms with van der Waals surface area (Å²) < 4.78 is 5.90. The maximum atomic E-state index is 5.93. The first-order chi connectivity index (χ1) is 9.04. The molecule has 3 nitrogen and oxygen atoms in total. The fraction of sp³-hybridized carbons (Fsp3) is 0.625. The second kappa shape index (κ2) is 6.04. The van der Waals surface area contributed by atoms with Crippen molar-refractivity contribution >= 4 is 0 Å². The Bertz CT molecular complexity index is 431. The summed E-state index contributed by atoms with van der Waals surface area (Å²) in [4.78, 5) is 2.52. The van der Waals surface area contributed by atoms with Crippen molar-refractivity contribution in [1.82, 2.24) is 4.90 Å². The van der Waals surface area contributed by atoms with Gasteiger partial charge in [-0.25, -0.2) is 0 Å². The van der Waals surface area contributed by atoms with E-state index in [1.54, 1.807) is 0 Å². The Balaban J connectivity index is 2.42. The first kappa shape index (κ1) is 14.5. The largest absolute Gasteiger partial charge is 0.374 e. The quantitative estimate of drug-likeness (QED) is 0.909. The van der Waals surface area contributed by atoms with Crippen LogP contribution in [-0.4, -0.2) is 36.7 Å². The predicted octanol–water partition coefficient (Wildman–Crippen LogP) is 2.41. The zero-order chi connectivity index (χ0) is 14.0. The third-order valence-electron chi connectivity index (χ3n) is 4.04. The van der Waals surface area contributed by atoms with Gasteiger partial charge in [0.1, 0.15) is 0 Å². The number of ether oxygens (including phenoxy) is 1. The van der Waals surface area contributed by atoms with Crippen LogP contribution in [0.5, 0.6) is 0 Å². The lowest BCUT2D eigenvalue weighted by molar-refractivity contribution is -0.0791. The molecule has 0 aromatic heterocycles.